The van der Waals surface area contributed by atoms with Gasteiger partial charge in [-0.1, -0.05) is 258 Å². The van der Waals surface area contributed by atoms with E-state index in [1.807, 2.05) is 0 Å². The van der Waals surface area contributed by atoms with Gasteiger partial charge >= 0.3 is 11.9 Å². The number of aliphatic carboxylic acids is 2. The van der Waals surface area contributed by atoms with Gasteiger partial charge in [0.1, 0.15) is 0 Å². The molecule has 0 aliphatic rings. The Balaban J connectivity index is 0. The molecule has 0 aliphatic carbocycles. The van der Waals surface area contributed by atoms with E-state index < -0.39 is 11.9 Å². The first kappa shape index (κ1) is 51.0. The summed E-state index contributed by atoms with van der Waals surface area (Å²) < 4.78 is 0. The maximum Gasteiger partial charge on any atom is 0.303 e. The molecule has 0 saturated carbocycles. The minimum Gasteiger partial charge on any atom is -0.481 e. The van der Waals surface area contributed by atoms with Crippen molar-refractivity contribution in [1.29, 1.82) is 0 Å². The summed E-state index contributed by atoms with van der Waals surface area (Å²) in [6.45, 7) is 4.56. The van der Waals surface area contributed by atoms with E-state index in [-0.39, 0.29) is 0 Å². The number of hydrogen-bond acceptors (Lipinski definition) is 2. The lowest BCUT2D eigenvalue weighted by Crippen LogP contribution is -1.93. The van der Waals surface area contributed by atoms with Crippen LogP contribution < -0.4 is 0 Å². The molecule has 0 saturated heterocycles. The average Bonchev–Trinajstić information content (AvgIpc) is 3.10. The quantitative estimate of drug-likeness (QED) is 0.0619. The Labute approximate surface area is 314 Å². The highest BCUT2D eigenvalue weighted by Gasteiger charge is 1.99. The minimum absolute atomic E-state index is 0.345. The fourth-order valence-electron chi connectivity index (χ4n) is 7.06. The predicted octanol–water partition coefficient (Wildman–Crippen LogP) is 16.6. The molecule has 0 heterocycles. The van der Waals surface area contributed by atoms with Crippen molar-refractivity contribution in [2.75, 3.05) is 0 Å². The van der Waals surface area contributed by atoms with Gasteiger partial charge in [0, 0.05) is 12.8 Å². The predicted molar refractivity (Wildman–Crippen MR) is 221 cm³/mol. The third-order valence-corrected chi connectivity index (χ3v) is 10.5. The molecule has 2 N–H and O–H groups in total. The zero-order valence-corrected chi connectivity index (χ0v) is 34.4. The van der Waals surface area contributed by atoms with Crippen LogP contribution in [0.2, 0.25) is 0 Å². The molecule has 0 radical (unpaired) electrons. The van der Waals surface area contributed by atoms with Gasteiger partial charge in [0.25, 0.3) is 0 Å². The molecule has 0 aliphatic heterocycles. The van der Waals surface area contributed by atoms with Gasteiger partial charge in [0.2, 0.25) is 0 Å². The fourth-order valence-corrected chi connectivity index (χ4v) is 7.06. The molecule has 300 valence electrons. The molecule has 4 heteroatoms. The smallest absolute Gasteiger partial charge is 0.303 e. The van der Waals surface area contributed by atoms with Gasteiger partial charge in [-0.3, -0.25) is 9.59 Å². The summed E-state index contributed by atoms with van der Waals surface area (Å²) in [7, 11) is 0. The van der Waals surface area contributed by atoms with E-state index in [1.165, 1.54) is 231 Å². The minimum atomic E-state index is -0.653. The van der Waals surface area contributed by atoms with Gasteiger partial charge < -0.3 is 10.2 Å². The van der Waals surface area contributed by atoms with Crippen LogP contribution in [0.5, 0.6) is 0 Å². The van der Waals surface area contributed by atoms with Crippen LogP contribution in [0.25, 0.3) is 0 Å². The molecule has 0 rings (SSSR count). The standard InChI is InChI=1S/C28H56O2.C18H36O2/c1-2-3-4-5-6-7-8-9-10-11-12-13-14-15-16-17-18-19-20-21-22-23-24-25-26-27-28(29)30;1-2-3-4-5-6-7-8-9-10-11-12-13-14-15-16-17-18(19)20/h2-27H2,1H3,(H,29,30);2-17H2,1H3,(H,19,20). The lowest BCUT2D eigenvalue weighted by Gasteiger charge is -2.04. The third-order valence-electron chi connectivity index (χ3n) is 10.5. The molecule has 0 aromatic heterocycles. The maximum atomic E-state index is 10.4. The third kappa shape index (κ3) is 53.7. The van der Waals surface area contributed by atoms with Crippen molar-refractivity contribution in [2.45, 2.75) is 284 Å². The van der Waals surface area contributed by atoms with Crippen molar-refractivity contribution >= 4 is 11.9 Å². The van der Waals surface area contributed by atoms with Gasteiger partial charge in [-0.2, -0.15) is 0 Å². The molecular formula is C46H92O4. The zero-order chi connectivity index (χ0) is 36.9. The highest BCUT2D eigenvalue weighted by Crippen LogP contribution is 2.17. The summed E-state index contributed by atoms with van der Waals surface area (Å²) in [5, 5.41) is 17.1. The van der Waals surface area contributed by atoms with Crippen molar-refractivity contribution in [3.8, 4) is 0 Å². The van der Waals surface area contributed by atoms with Gasteiger partial charge in [-0.15, -0.1) is 0 Å². The average molecular weight is 709 g/mol. The highest BCUT2D eigenvalue weighted by atomic mass is 16.4. The van der Waals surface area contributed by atoms with E-state index in [9.17, 15) is 9.59 Å². The SMILES string of the molecule is CCCCCCCCCCCCCCCCCC(=O)O.CCCCCCCCCCCCCCCCCCCCCCCCCCCC(=O)O. The molecule has 0 fully saturated rings. The van der Waals surface area contributed by atoms with Gasteiger partial charge in [-0.05, 0) is 12.8 Å². The highest BCUT2D eigenvalue weighted by molar-refractivity contribution is 5.66. The van der Waals surface area contributed by atoms with Crippen molar-refractivity contribution in [3.63, 3.8) is 0 Å². The van der Waals surface area contributed by atoms with Crippen molar-refractivity contribution in [2.24, 2.45) is 0 Å². The van der Waals surface area contributed by atoms with Crippen LogP contribution in [0.3, 0.4) is 0 Å². The Kier molecular flexibility index (Phi) is 48.9. The van der Waals surface area contributed by atoms with Crippen molar-refractivity contribution < 1.29 is 19.8 Å². The van der Waals surface area contributed by atoms with Gasteiger partial charge in [0.05, 0.1) is 0 Å². The second kappa shape index (κ2) is 47.9. The largest absolute Gasteiger partial charge is 0.481 e. The van der Waals surface area contributed by atoms with E-state index in [0.29, 0.717) is 12.8 Å². The van der Waals surface area contributed by atoms with Crippen molar-refractivity contribution in [1.82, 2.24) is 0 Å². The second-order valence-electron chi connectivity index (χ2n) is 15.7. The molecule has 0 unspecified atom stereocenters. The molecule has 0 aromatic rings. The lowest BCUT2D eigenvalue weighted by molar-refractivity contribution is -0.138. The van der Waals surface area contributed by atoms with E-state index in [4.69, 9.17) is 10.2 Å². The number of hydrogen-bond donors (Lipinski definition) is 2. The number of carbonyl (C=O) groups is 2. The van der Waals surface area contributed by atoms with E-state index in [0.717, 1.165) is 25.7 Å². The molecular weight excluding hydrogens is 617 g/mol. The molecule has 50 heavy (non-hydrogen) atoms. The molecule has 4 nitrogen and oxygen atoms in total. The molecule has 0 aromatic carbocycles. The first-order chi connectivity index (χ1) is 24.5. The first-order valence-corrected chi connectivity index (χ1v) is 23.0. The van der Waals surface area contributed by atoms with Gasteiger partial charge in [0.15, 0.2) is 0 Å². The van der Waals surface area contributed by atoms with Crippen LogP contribution in [-0.2, 0) is 9.59 Å². The summed E-state index contributed by atoms with van der Waals surface area (Å²) in [6.07, 6.45) is 55.2. The van der Waals surface area contributed by atoms with Crippen LogP contribution in [-0.4, -0.2) is 22.2 Å². The molecule has 0 atom stereocenters. The van der Waals surface area contributed by atoms with Crippen LogP contribution in [0.1, 0.15) is 284 Å². The second-order valence-corrected chi connectivity index (χ2v) is 15.7. The fraction of sp³-hybridized carbons (Fsp3) is 0.957. The van der Waals surface area contributed by atoms with Crippen LogP contribution in [0, 0.1) is 0 Å². The van der Waals surface area contributed by atoms with E-state index in [1.54, 1.807) is 0 Å². The van der Waals surface area contributed by atoms with Gasteiger partial charge in [-0.25, -0.2) is 0 Å². The molecule has 0 amide bonds. The molecule has 0 spiro atoms. The Bertz CT molecular complexity index is 634. The Morgan fingerprint density at radius 3 is 0.480 bits per heavy atom. The van der Waals surface area contributed by atoms with Crippen LogP contribution in [0.15, 0.2) is 0 Å². The Morgan fingerprint density at radius 2 is 0.360 bits per heavy atom. The topological polar surface area (TPSA) is 74.6 Å². The zero-order valence-electron chi connectivity index (χ0n) is 34.4. The van der Waals surface area contributed by atoms with Crippen molar-refractivity contribution in [3.05, 3.63) is 0 Å². The summed E-state index contributed by atoms with van der Waals surface area (Å²) in [6, 6.07) is 0. The normalized spacial score (nSPS) is 11.1. The monoisotopic (exact) mass is 709 g/mol. The van der Waals surface area contributed by atoms with Crippen LogP contribution >= 0.6 is 0 Å². The van der Waals surface area contributed by atoms with E-state index >= 15 is 0 Å². The summed E-state index contributed by atoms with van der Waals surface area (Å²) in [5.74, 6) is -1.30. The summed E-state index contributed by atoms with van der Waals surface area (Å²) in [4.78, 5) is 20.8. The summed E-state index contributed by atoms with van der Waals surface area (Å²) in [5.41, 5.74) is 0. The number of rotatable bonds is 42. The first-order valence-electron chi connectivity index (χ1n) is 23.0. The number of carboxylic acid groups (broad SMARTS) is 2. The van der Waals surface area contributed by atoms with Crippen LogP contribution in [0.4, 0.5) is 0 Å². The number of carboxylic acids is 2. The Morgan fingerprint density at radius 1 is 0.240 bits per heavy atom. The van der Waals surface area contributed by atoms with E-state index in [2.05, 4.69) is 13.8 Å². The Hall–Kier alpha value is -1.06. The number of unbranched alkanes of at least 4 members (excludes halogenated alkanes) is 38. The summed E-state index contributed by atoms with van der Waals surface area (Å²) >= 11 is 0. The maximum absolute atomic E-state index is 10.4. The molecule has 0 bridgehead atoms. The lowest BCUT2D eigenvalue weighted by atomic mass is 10.0.